The molecule has 0 spiro atoms. The van der Waals surface area contributed by atoms with Crippen LogP contribution in [0.3, 0.4) is 0 Å². The predicted octanol–water partition coefficient (Wildman–Crippen LogP) is 11.1. The molecular weight excluding hydrogens is 675 g/mol. The Kier molecular flexibility index (Phi) is 7.16. The van der Waals surface area contributed by atoms with Crippen LogP contribution >= 0.6 is 0 Å². The lowest BCUT2D eigenvalue weighted by molar-refractivity contribution is 0.587. The number of nitrogens with zero attached hydrogens (tertiary/aromatic N) is 2. The first kappa shape index (κ1) is 32.8. The molecule has 0 atom stereocenters. The smallest absolute Gasteiger partial charge is 0.246 e. The monoisotopic (exact) mass is 716 g/mol. The number of hydrogen-bond acceptors (Lipinski definition) is 1. The van der Waals surface area contributed by atoms with E-state index in [0.29, 0.717) is 0 Å². The van der Waals surface area contributed by atoms with Gasteiger partial charge in [0.05, 0.1) is 22.1 Å². The number of rotatable bonds is 4. The van der Waals surface area contributed by atoms with Crippen molar-refractivity contribution < 1.29 is 0 Å². The van der Waals surface area contributed by atoms with Crippen molar-refractivity contribution in [1.29, 1.82) is 0 Å². The third kappa shape index (κ3) is 4.58. The summed E-state index contributed by atoms with van der Waals surface area (Å²) in [6.07, 6.45) is 0. The Balaban J connectivity index is 1.29. The lowest BCUT2D eigenvalue weighted by Gasteiger charge is -2.50. The minimum Gasteiger partial charge on any atom is -0.311 e. The number of hydrogen-bond donors (Lipinski definition) is 0. The molecule has 1 aromatic heterocycles. The summed E-state index contributed by atoms with van der Waals surface area (Å²) in [4.78, 5) is 2.61. The van der Waals surface area contributed by atoms with Gasteiger partial charge in [0.1, 0.15) is 0 Å². The summed E-state index contributed by atoms with van der Waals surface area (Å²) in [5.74, 6) is 0. The van der Waals surface area contributed by atoms with Crippen LogP contribution in [0, 0.1) is 0 Å². The first-order valence-electron chi connectivity index (χ1n) is 19.8. The average Bonchev–Trinajstić information content (AvgIpc) is 3.58. The molecule has 9 aromatic rings. The molecule has 0 amide bonds. The number of aromatic nitrogens is 1. The Morgan fingerprint density at radius 1 is 0.464 bits per heavy atom. The fourth-order valence-corrected chi connectivity index (χ4v) is 10.0. The second-order valence-electron chi connectivity index (χ2n) is 16.5. The van der Waals surface area contributed by atoms with E-state index in [0.717, 1.165) is 5.69 Å². The molecule has 0 radical (unpaired) electrons. The first-order valence-corrected chi connectivity index (χ1v) is 19.8. The molecule has 0 saturated heterocycles. The zero-order valence-corrected chi connectivity index (χ0v) is 31.9. The highest BCUT2D eigenvalue weighted by Crippen LogP contribution is 2.58. The SMILES string of the molecule is CC(C)(C)c1ccc2c(c1)C(c1ccccc1)(c1ccccc1)c1cccc3c1N2c1cc(-n2c4ccccc4c4ccccc42)ccc1B3c1ccccc1. The molecular formula is C53H41BN2. The second kappa shape index (κ2) is 12.2. The van der Waals surface area contributed by atoms with Crippen molar-refractivity contribution in [2.24, 2.45) is 0 Å². The molecule has 266 valence electrons. The Morgan fingerprint density at radius 3 is 1.68 bits per heavy atom. The van der Waals surface area contributed by atoms with Gasteiger partial charge in [-0.25, -0.2) is 0 Å². The molecule has 2 aliphatic heterocycles. The molecule has 56 heavy (non-hydrogen) atoms. The number of fused-ring (bicyclic) bond motifs is 7. The Morgan fingerprint density at radius 2 is 1.05 bits per heavy atom. The van der Waals surface area contributed by atoms with Gasteiger partial charge in [-0.1, -0.05) is 190 Å². The van der Waals surface area contributed by atoms with Gasteiger partial charge in [0.2, 0.25) is 6.71 Å². The highest BCUT2D eigenvalue weighted by Gasteiger charge is 2.50. The maximum absolute atomic E-state index is 2.61. The zero-order valence-electron chi connectivity index (χ0n) is 31.9. The van der Waals surface area contributed by atoms with Crippen molar-refractivity contribution >= 4 is 62.0 Å². The fourth-order valence-electron chi connectivity index (χ4n) is 10.0. The summed E-state index contributed by atoms with van der Waals surface area (Å²) in [6.45, 7) is 7.03. The molecule has 8 aromatic carbocycles. The van der Waals surface area contributed by atoms with Crippen LogP contribution < -0.4 is 21.3 Å². The molecule has 2 nitrogen and oxygen atoms in total. The largest absolute Gasteiger partial charge is 0.311 e. The van der Waals surface area contributed by atoms with Crippen LogP contribution in [-0.2, 0) is 10.8 Å². The Labute approximate surface area is 329 Å². The maximum atomic E-state index is 2.61. The third-order valence-corrected chi connectivity index (χ3v) is 12.5. The average molecular weight is 717 g/mol. The summed E-state index contributed by atoms with van der Waals surface area (Å²) in [6, 6.07) is 72.8. The number of anilines is 3. The topological polar surface area (TPSA) is 8.17 Å². The molecule has 0 aliphatic carbocycles. The predicted molar refractivity (Wildman–Crippen MR) is 237 cm³/mol. The van der Waals surface area contributed by atoms with Crippen LogP contribution in [0.2, 0.25) is 0 Å². The quantitative estimate of drug-likeness (QED) is 0.165. The van der Waals surface area contributed by atoms with Gasteiger partial charge in [0.15, 0.2) is 0 Å². The van der Waals surface area contributed by atoms with E-state index in [9.17, 15) is 0 Å². The second-order valence-corrected chi connectivity index (χ2v) is 16.5. The highest BCUT2D eigenvalue weighted by molar-refractivity contribution is 6.98. The van der Waals surface area contributed by atoms with Crippen LogP contribution in [0.25, 0.3) is 27.5 Å². The summed E-state index contributed by atoms with van der Waals surface area (Å²) < 4.78 is 2.45. The van der Waals surface area contributed by atoms with Crippen molar-refractivity contribution in [3.63, 3.8) is 0 Å². The Bertz CT molecular complexity index is 2860. The van der Waals surface area contributed by atoms with Gasteiger partial charge in [0.25, 0.3) is 0 Å². The van der Waals surface area contributed by atoms with E-state index in [-0.39, 0.29) is 12.1 Å². The normalized spacial score (nSPS) is 14.1. The lowest BCUT2D eigenvalue weighted by atomic mass is 9.34. The van der Waals surface area contributed by atoms with Crippen LogP contribution in [0.1, 0.15) is 48.6 Å². The molecule has 0 fully saturated rings. The van der Waals surface area contributed by atoms with Gasteiger partial charge in [-0.2, -0.15) is 0 Å². The third-order valence-electron chi connectivity index (χ3n) is 12.5. The number of benzene rings is 8. The molecule has 2 aliphatic rings. The van der Waals surface area contributed by atoms with Crippen molar-refractivity contribution in [2.45, 2.75) is 31.6 Å². The highest BCUT2D eigenvalue weighted by atomic mass is 15.2. The van der Waals surface area contributed by atoms with E-state index in [1.165, 1.54) is 83.1 Å². The number of para-hydroxylation sites is 3. The molecule has 11 rings (SSSR count). The van der Waals surface area contributed by atoms with Crippen molar-refractivity contribution in [3.8, 4) is 5.69 Å². The summed E-state index contributed by atoms with van der Waals surface area (Å²) >= 11 is 0. The molecule has 0 N–H and O–H groups in total. The van der Waals surface area contributed by atoms with Crippen LogP contribution in [-0.4, -0.2) is 11.3 Å². The van der Waals surface area contributed by atoms with E-state index >= 15 is 0 Å². The zero-order chi connectivity index (χ0) is 37.6. The first-order chi connectivity index (χ1) is 27.4. The van der Waals surface area contributed by atoms with Crippen molar-refractivity contribution in [1.82, 2.24) is 4.57 Å². The molecule has 0 unspecified atom stereocenters. The van der Waals surface area contributed by atoms with Crippen LogP contribution in [0.15, 0.2) is 194 Å². The van der Waals surface area contributed by atoms with Crippen LogP contribution in [0.5, 0.6) is 0 Å². The lowest BCUT2D eigenvalue weighted by Crippen LogP contribution is -2.59. The Hall–Kier alpha value is -6.58. The van der Waals surface area contributed by atoms with E-state index < -0.39 is 5.41 Å². The standard InChI is InChI=1S/C53H41BN2/c1-52(2,3)38-30-33-49-44(34-38)53(36-18-7-4-8-19-36,37-20-9-5-10-21-37)43-26-17-27-46-51(43)56(49)50-35-40(31-32-45(50)54(46)39-22-11-6-12-23-39)55-47-28-15-13-24-41(47)42-25-14-16-29-48(42)55/h4-35H,1-3H3. The van der Waals surface area contributed by atoms with Gasteiger partial charge in [-0.3, -0.25) is 0 Å². The minimum absolute atomic E-state index is 0.0435. The van der Waals surface area contributed by atoms with Crippen molar-refractivity contribution in [2.75, 3.05) is 4.90 Å². The van der Waals surface area contributed by atoms with Gasteiger partial charge >= 0.3 is 0 Å². The van der Waals surface area contributed by atoms with E-state index in [1.807, 2.05) is 0 Å². The van der Waals surface area contributed by atoms with Gasteiger partial charge in [-0.05, 0) is 74.5 Å². The van der Waals surface area contributed by atoms with Gasteiger partial charge in [0, 0.05) is 27.8 Å². The van der Waals surface area contributed by atoms with Crippen molar-refractivity contribution in [3.05, 3.63) is 222 Å². The summed E-state index contributed by atoms with van der Waals surface area (Å²) in [5, 5.41) is 2.54. The molecule has 3 heterocycles. The molecule has 3 heteroatoms. The van der Waals surface area contributed by atoms with E-state index in [1.54, 1.807) is 0 Å². The fraction of sp³-hybridized carbons (Fsp3) is 0.0943. The molecule has 0 saturated carbocycles. The van der Waals surface area contributed by atoms with Gasteiger partial charge in [-0.15, -0.1) is 0 Å². The minimum atomic E-state index is -0.565. The summed E-state index contributed by atoms with van der Waals surface area (Å²) in [5.41, 5.74) is 17.1. The molecule has 0 bridgehead atoms. The summed E-state index contributed by atoms with van der Waals surface area (Å²) in [7, 11) is 0. The maximum Gasteiger partial charge on any atom is 0.246 e. The van der Waals surface area contributed by atoms with Gasteiger partial charge < -0.3 is 9.47 Å². The van der Waals surface area contributed by atoms with E-state index in [4.69, 9.17) is 0 Å². The van der Waals surface area contributed by atoms with Crippen LogP contribution in [0.4, 0.5) is 17.1 Å². The van der Waals surface area contributed by atoms with E-state index in [2.05, 4.69) is 224 Å².